The first-order chi connectivity index (χ1) is 4.31. The van der Waals surface area contributed by atoms with Gasteiger partial charge in [0.2, 0.25) is 0 Å². The van der Waals surface area contributed by atoms with Gasteiger partial charge < -0.3 is 10.9 Å². The lowest BCUT2D eigenvalue weighted by Crippen LogP contribution is -2.03. The quantitative estimate of drug-likeness (QED) is 0.316. The Balaban J connectivity index is 3.45. The summed E-state index contributed by atoms with van der Waals surface area (Å²) in [6.07, 6.45) is 1.48. The van der Waals surface area contributed by atoms with Gasteiger partial charge in [0.05, 0.1) is 12.3 Å². The molecule has 4 heteroatoms. The number of nitrogens with zero attached hydrogens (tertiary/aromatic N) is 2. The minimum Gasteiger partial charge on any atom is -0.411 e. The summed E-state index contributed by atoms with van der Waals surface area (Å²) in [5.74, 6) is 0. The first kappa shape index (κ1) is 8.10. The van der Waals surface area contributed by atoms with Crippen LogP contribution < -0.4 is 5.73 Å². The fraction of sp³-hybridized carbons (Fsp3) is 0.600. The summed E-state index contributed by atoms with van der Waals surface area (Å²) in [5.41, 5.74) is 5.63. The Hall–Kier alpha value is -0.900. The van der Waals surface area contributed by atoms with Crippen molar-refractivity contribution in [2.75, 3.05) is 13.1 Å². The molecule has 0 saturated heterocycles. The molecule has 0 radical (unpaired) electrons. The Morgan fingerprint density at radius 2 is 2.44 bits per heavy atom. The van der Waals surface area contributed by atoms with Gasteiger partial charge in [0, 0.05) is 12.8 Å². The van der Waals surface area contributed by atoms with Gasteiger partial charge in [0.15, 0.2) is 0 Å². The second-order valence-electron chi connectivity index (χ2n) is 1.57. The monoisotopic (exact) mass is 129 g/mol. The lowest BCUT2D eigenvalue weighted by atomic mass is 10.5. The maximum Gasteiger partial charge on any atom is 0.0942 e. The molecule has 0 amide bonds. The zero-order valence-corrected chi connectivity index (χ0v) is 5.41. The van der Waals surface area contributed by atoms with Crippen LogP contribution in [0.25, 0.3) is 0 Å². The van der Waals surface area contributed by atoms with Crippen LogP contribution in [0.3, 0.4) is 0 Å². The third kappa shape index (κ3) is 4.96. The van der Waals surface area contributed by atoms with Gasteiger partial charge in [0.25, 0.3) is 0 Å². The topological polar surface area (TPSA) is 71.0 Å². The molecule has 3 N–H and O–H groups in total. The number of oxime groups is 1. The SMILES string of the molecule is C/C(C=NCCN)=N\O. The van der Waals surface area contributed by atoms with E-state index in [0.29, 0.717) is 18.8 Å². The van der Waals surface area contributed by atoms with Gasteiger partial charge in [-0.25, -0.2) is 0 Å². The molecule has 0 saturated carbocycles. The second-order valence-corrected chi connectivity index (χ2v) is 1.57. The van der Waals surface area contributed by atoms with Crippen LogP contribution >= 0.6 is 0 Å². The van der Waals surface area contributed by atoms with Gasteiger partial charge >= 0.3 is 0 Å². The summed E-state index contributed by atoms with van der Waals surface area (Å²) in [5, 5.41) is 11.0. The molecule has 4 nitrogen and oxygen atoms in total. The molecule has 0 aromatic heterocycles. The number of nitrogens with two attached hydrogens (primary N) is 1. The van der Waals surface area contributed by atoms with Gasteiger partial charge in [-0.3, -0.25) is 4.99 Å². The van der Waals surface area contributed by atoms with Crippen molar-refractivity contribution < 1.29 is 5.21 Å². The lowest BCUT2D eigenvalue weighted by molar-refractivity contribution is 0.320. The highest BCUT2D eigenvalue weighted by Crippen LogP contribution is 1.69. The Labute approximate surface area is 54.1 Å². The van der Waals surface area contributed by atoms with Crippen molar-refractivity contribution in [2.24, 2.45) is 15.9 Å². The molecule has 0 aliphatic rings. The smallest absolute Gasteiger partial charge is 0.0942 e. The highest BCUT2D eigenvalue weighted by atomic mass is 16.4. The van der Waals surface area contributed by atoms with Crippen LogP contribution in [0.15, 0.2) is 10.1 Å². The van der Waals surface area contributed by atoms with Crippen molar-refractivity contribution in [3.8, 4) is 0 Å². The lowest BCUT2D eigenvalue weighted by Gasteiger charge is -1.85. The van der Waals surface area contributed by atoms with Crippen molar-refractivity contribution in [2.45, 2.75) is 6.92 Å². The van der Waals surface area contributed by atoms with Crippen molar-refractivity contribution in [3.63, 3.8) is 0 Å². The molecule has 52 valence electrons. The maximum absolute atomic E-state index is 8.10. The zero-order chi connectivity index (χ0) is 7.11. The summed E-state index contributed by atoms with van der Waals surface area (Å²) in [6.45, 7) is 2.75. The number of hydrogen-bond donors (Lipinski definition) is 2. The van der Waals surface area contributed by atoms with Crippen molar-refractivity contribution in [3.05, 3.63) is 0 Å². The summed E-state index contributed by atoms with van der Waals surface area (Å²) in [6, 6.07) is 0. The maximum atomic E-state index is 8.10. The van der Waals surface area contributed by atoms with E-state index in [-0.39, 0.29) is 0 Å². The van der Waals surface area contributed by atoms with Crippen molar-refractivity contribution in [1.29, 1.82) is 0 Å². The van der Waals surface area contributed by atoms with E-state index >= 15 is 0 Å². The molecule has 0 rings (SSSR count). The number of hydrogen-bond acceptors (Lipinski definition) is 4. The molecule has 0 aliphatic carbocycles. The first-order valence-corrected chi connectivity index (χ1v) is 2.69. The van der Waals surface area contributed by atoms with Gasteiger partial charge in [-0.05, 0) is 6.92 Å². The van der Waals surface area contributed by atoms with E-state index in [9.17, 15) is 0 Å². The van der Waals surface area contributed by atoms with E-state index in [1.54, 1.807) is 6.92 Å². The summed E-state index contributed by atoms with van der Waals surface area (Å²) >= 11 is 0. The second kappa shape index (κ2) is 5.24. The van der Waals surface area contributed by atoms with E-state index in [2.05, 4.69) is 10.1 Å². The van der Waals surface area contributed by atoms with E-state index in [0.717, 1.165) is 0 Å². The molecule has 0 aromatic rings. The number of aliphatic imine (C=N–C) groups is 1. The summed E-state index contributed by atoms with van der Waals surface area (Å²) in [7, 11) is 0. The van der Waals surface area contributed by atoms with Crippen LogP contribution in [-0.4, -0.2) is 30.2 Å². The minimum atomic E-state index is 0.489. The predicted octanol–water partition coefficient (Wildman–Crippen LogP) is -0.134. The third-order valence-electron chi connectivity index (χ3n) is 0.694. The molecule has 0 heterocycles. The Morgan fingerprint density at radius 3 is 2.89 bits per heavy atom. The molecule has 0 aliphatic heterocycles. The molecule has 0 aromatic carbocycles. The third-order valence-corrected chi connectivity index (χ3v) is 0.694. The molecule has 0 atom stereocenters. The Bertz CT molecular complexity index is 119. The van der Waals surface area contributed by atoms with Crippen LogP contribution in [0, 0.1) is 0 Å². The summed E-state index contributed by atoms with van der Waals surface area (Å²) in [4.78, 5) is 3.82. The van der Waals surface area contributed by atoms with Crippen molar-refractivity contribution in [1.82, 2.24) is 0 Å². The number of rotatable bonds is 3. The molecule has 0 spiro atoms. The highest BCUT2D eigenvalue weighted by molar-refractivity contribution is 6.29. The van der Waals surface area contributed by atoms with Crippen LogP contribution in [0.4, 0.5) is 0 Å². The van der Waals surface area contributed by atoms with Gasteiger partial charge in [-0.15, -0.1) is 0 Å². The average molecular weight is 129 g/mol. The normalized spacial score (nSPS) is 12.9. The van der Waals surface area contributed by atoms with Crippen LogP contribution in [0.5, 0.6) is 0 Å². The van der Waals surface area contributed by atoms with E-state index in [1.807, 2.05) is 0 Å². The largest absolute Gasteiger partial charge is 0.411 e. The fourth-order valence-corrected chi connectivity index (χ4v) is 0.297. The van der Waals surface area contributed by atoms with Gasteiger partial charge in [-0.1, -0.05) is 5.16 Å². The molecule has 0 unspecified atom stereocenters. The average Bonchev–Trinajstić information content (AvgIpc) is 1.89. The van der Waals surface area contributed by atoms with E-state index < -0.39 is 0 Å². The fourth-order valence-electron chi connectivity index (χ4n) is 0.297. The van der Waals surface area contributed by atoms with E-state index in [1.165, 1.54) is 6.21 Å². The van der Waals surface area contributed by atoms with Crippen molar-refractivity contribution >= 4 is 11.9 Å². The minimum absolute atomic E-state index is 0.489. The Kier molecular flexibility index (Phi) is 4.72. The predicted molar refractivity (Wildman–Crippen MR) is 37.3 cm³/mol. The molecule has 9 heavy (non-hydrogen) atoms. The van der Waals surface area contributed by atoms with Gasteiger partial charge in [0.1, 0.15) is 0 Å². The molecular formula is C5H11N3O. The Morgan fingerprint density at radius 1 is 1.78 bits per heavy atom. The highest BCUT2D eigenvalue weighted by Gasteiger charge is 1.79. The molecule has 0 bridgehead atoms. The molecular weight excluding hydrogens is 118 g/mol. The molecule has 0 fully saturated rings. The van der Waals surface area contributed by atoms with Gasteiger partial charge in [-0.2, -0.15) is 0 Å². The zero-order valence-electron chi connectivity index (χ0n) is 5.41. The standard InChI is InChI=1S/C5H11N3O/c1-5(8-9)4-7-3-2-6/h4,9H,2-3,6H2,1H3/b7-4?,8-5+. The first-order valence-electron chi connectivity index (χ1n) is 2.69. The van der Waals surface area contributed by atoms with Crippen LogP contribution in [0.2, 0.25) is 0 Å². The van der Waals surface area contributed by atoms with Crippen LogP contribution in [-0.2, 0) is 0 Å². The van der Waals surface area contributed by atoms with E-state index in [4.69, 9.17) is 10.9 Å². The van der Waals surface area contributed by atoms with Crippen LogP contribution in [0.1, 0.15) is 6.92 Å². The summed E-state index contributed by atoms with van der Waals surface area (Å²) < 4.78 is 0.